The molecule has 0 bridgehead atoms. The van der Waals surface area contributed by atoms with Gasteiger partial charge in [-0.25, -0.2) is 9.97 Å². The highest BCUT2D eigenvalue weighted by atomic mass is 16.5. The van der Waals surface area contributed by atoms with E-state index < -0.39 is 0 Å². The predicted molar refractivity (Wildman–Crippen MR) is 101 cm³/mol. The Bertz CT molecular complexity index is 1050. The van der Waals surface area contributed by atoms with Gasteiger partial charge in [0.05, 0.1) is 18.5 Å². The minimum Gasteiger partial charge on any atom is -0.497 e. The number of rotatable bonds is 4. The second kappa shape index (κ2) is 6.52. The van der Waals surface area contributed by atoms with Gasteiger partial charge in [-0.05, 0) is 36.8 Å². The summed E-state index contributed by atoms with van der Waals surface area (Å²) in [5.74, 6) is 0.937. The zero-order valence-electron chi connectivity index (χ0n) is 14.7. The maximum absolute atomic E-state index is 10.4. The van der Waals surface area contributed by atoms with E-state index in [4.69, 9.17) is 9.72 Å². The van der Waals surface area contributed by atoms with E-state index in [1.807, 2.05) is 48.7 Å². The summed E-state index contributed by atoms with van der Waals surface area (Å²) in [6.45, 7) is 1.79. The molecular formula is C21H19N3O2. The molecule has 2 aromatic heterocycles. The number of aromatic hydroxyl groups is 1. The number of aromatic nitrogens is 3. The van der Waals surface area contributed by atoms with Gasteiger partial charge in [-0.2, -0.15) is 0 Å². The second-order valence-corrected chi connectivity index (χ2v) is 6.18. The maximum atomic E-state index is 10.4. The van der Waals surface area contributed by atoms with E-state index in [-0.39, 0.29) is 5.88 Å². The first-order valence-electron chi connectivity index (χ1n) is 8.41. The third-order valence-electron chi connectivity index (χ3n) is 4.42. The Labute approximate surface area is 151 Å². The highest BCUT2D eigenvalue weighted by Crippen LogP contribution is 2.27. The summed E-state index contributed by atoms with van der Waals surface area (Å²) in [6, 6.07) is 17.9. The minimum absolute atomic E-state index is 0.145. The molecule has 0 saturated heterocycles. The summed E-state index contributed by atoms with van der Waals surface area (Å²) in [6.07, 6.45) is 2.46. The van der Waals surface area contributed by atoms with Crippen LogP contribution in [0.2, 0.25) is 0 Å². The lowest BCUT2D eigenvalue weighted by Crippen LogP contribution is -2.01. The van der Waals surface area contributed by atoms with Crippen LogP contribution in [-0.4, -0.2) is 26.6 Å². The topological polar surface area (TPSA) is 59.7 Å². The van der Waals surface area contributed by atoms with Crippen molar-refractivity contribution in [1.82, 2.24) is 14.4 Å². The minimum atomic E-state index is 0.145. The van der Waals surface area contributed by atoms with Gasteiger partial charge in [0.15, 0.2) is 5.65 Å². The van der Waals surface area contributed by atoms with E-state index >= 15 is 0 Å². The molecule has 0 unspecified atom stereocenters. The van der Waals surface area contributed by atoms with Gasteiger partial charge in [-0.15, -0.1) is 0 Å². The van der Waals surface area contributed by atoms with Gasteiger partial charge in [0, 0.05) is 18.2 Å². The highest BCUT2D eigenvalue weighted by molar-refractivity contribution is 5.63. The number of benzene rings is 2. The van der Waals surface area contributed by atoms with Gasteiger partial charge in [0.1, 0.15) is 11.4 Å². The normalized spacial score (nSPS) is 11.0. The maximum Gasteiger partial charge on any atom is 0.219 e. The van der Waals surface area contributed by atoms with Gasteiger partial charge in [0.25, 0.3) is 0 Å². The smallest absolute Gasteiger partial charge is 0.219 e. The summed E-state index contributed by atoms with van der Waals surface area (Å²) in [7, 11) is 1.64. The molecule has 0 atom stereocenters. The number of nitrogens with zero attached hydrogens (tertiary/aromatic N) is 3. The monoisotopic (exact) mass is 345 g/mol. The third kappa shape index (κ3) is 2.88. The average molecular weight is 345 g/mol. The summed E-state index contributed by atoms with van der Waals surface area (Å²) in [5.41, 5.74) is 4.97. The van der Waals surface area contributed by atoms with Crippen LogP contribution in [-0.2, 0) is 6.42 Å². The van der Waals surface area contributed by atoms with Crippen LogP contribution in [0.5, 0.6) is 11.6 Å². The fourth-order valence-corrected chi connectivity index (χ4v) is 3.02. The van der Waals surface area contributed by atoms with Crippen LogP contribution in [0.3, 0.4) is 0 Å². The summed E-state index contributed by atoms with van der Waals surface area (Å²) in [5, 5.41) is 10.4. The fraction of sp³-hybridized carbons (Fsp3) is 0.143. The van der Waals surface area contributed by atoms with E-state index in [1.165, 1.54) is 0 Å². The molecule has 2 heterocycles. The average Bonchev–Trinajstić information content (AvgIpc) is 2.97. The number of hydrogen-bond donors (Lipinski definition) is 1. The van der Waals surface area contributed by atoms with Crippen molar-refractivity contribution in [1.29, 1.82) is 0 Å². The predicted octanol–water partition coefficient (Wildman–Crippen LogP) is 4.01. The van der Waals surface area contributed by atoms with Crippen molar-refractivity contribution in [2.45, 2.75) is 13.3 Å². The van der Waals surface area contributed by atoms with Crippen LogP contribution in [0.25, 0.3) is 16.9 Å². The molecular weight excluding hydrogens is 326 g/mol. The zero-order valence-corrected chi connectivity index (χ0v) is 14.7. The number of hydrogen-bond acceptors (Lipinski definition) is 4. The number of aryl methyl sites for hydroxylation is 1. The van der Waals surface area contributed by atoms with Crippen LogP contribution in [0, 0.1) is 6.92 Å². The highest BCUT2D eigenvalue weighted by Gasteiger charge is 2.15. The molecule has 1 N–H and O–H groups in total. The van der Waals surface area contributed by atoms with E-state index in [2.05, 4.69) is 17.1 Å². The first kappa shape index (κ1) is 16.1. The number of imidazole rings is 1. The van der Waals surface area contributed by atoms with Crippen LogP contribution < -0.4 is 4.74 Å². The molecule has 5 heteroatoms. The Morgan fingerprint density at radius 1 is 1.00 bits per heavy atom. The Morgan fingerprint density at radius 2 is 1.73 bits per heavy atom. The molecule has 130 valence electrons. The van der Waals surface area contributed by atoms with Gasteiger partial charge in [-0.3, -0.25) is 4.40 Å². The molecule has 0 amide bonds. The molecule has 5 nitrogen and oxygen atoms in total. The Hall–Kier alpha value is -3.34. The van der Waals surface area contributed by atoms with E-state index in [1.54, 1.807) is 18.4 Å². The molecule has 2 aromatic carbocycles. The molecule has 0 saturated carbocycles. The SMILES string of the molecule is COc1ccc(-c2cn3c(O)c(C)nc3c(Cc3ccccc3)n2)cc1. The van der Waals surface area contributed by atoms with E-state index in [0.29, 0.717) is 17.8 Å². The van der Waals surface area contributed by atoms with Gasteiger partial charge >= 0.3 is 0 Å². The van der Waals surface area contributed by atoms with Crippen molar-refractivity contribution < 1.29 is 9.84 Å². The van der Waals surface area contributed by atoms with Crippen LogP contribution in [0.4, 0.5) is 0 Å². The third-order valence-corrected chi connectivity index (χ3v) is 4.42. The van der Waals surface area contributed by atoms with Crippen molar-refractivity contribution in [2.24, 2.45) is 0 Å². The Morgan fingerprint density at radius 3 is 2.42 bits per heavy atom. The lowest BCUT2D eigenvalue weighted by atomic mass is 10.1. The quantitative estimate of drug-likeness (QED) is 0.607. The van der Waals surface area contributed by atoms with Crippen molar-refractivity contribution in [3.05, 3.63) is 77.7 Å². The standard InChI is InChI=1S/C21H19N3O2/c1-14-21(25)24-13-19(16-8-10-17(26-2)11-9-16)23-18(20(24)22-14)12-15-6-4-3-5-7-15/h3-11,13,25H,12H2,1-2H3. The fourth-order valence-electron chi connectivity index (χ4n) is 3.02. The van der Waals surface area contributed by atoms with Crippen molar-refractivity contribution in [3.63, 3.8) is 0 Å². The van der Waals surface area contributed by atoms with E-state index in [0.717, 1.165) is 28.3 Å². The largest absolute Gasteiger partial charge is 0.497 e. The van der Waals surface area contributed by atoms with Crippen molar-refractivity contribution >= 4 is 5.65 Å². The molecule has 4 rings (SSSR count). The number of methoxy groups -OCH3 is 1. The first-order valence-corrected chi connectivity index (χ1v) is 8.41. The van der Waals surface area contributed by atoms with Crippen LogP contribution in [0.1, 0.15) is 17.0 Å². The van der Waals surface area contributed by atoms with Crippen LogP contribution >= 0.6 is 0 Å². The van der Waals surface area contributed by atoms with Gasteiger partial charge < -0.3 is 9.84 Å². The number of fused-ring (bicyclic) bond motifs is 1. The Balaban J connectivity index is 1.87. The molecule has 4 aromatic rings. The summed E-state index contributed by atoms with van der Waals surface area (Å²) in [4.78, 5) is 9.34. The summed E-state index contributed by atoms with van der Waals surface area (Å²) >= 11 is 0. The molecule has 0 aliphatic rings. The Kier molecular flexibility index (Phi) is 4.05. The van der Waals surface area contributed by atoms with E-state index in [9.17, 15) is 5.11 Å². The van der Waals surface area contributed by atoms with Gasteiger partial charge in [-0.1, -0.05) is 30.3 Å². The lowest BCUT2D eigenvalue weighted by molar-refractivity contribution is 0.415. The molecule has 0 fully saturated rings. The molecule has 0 spiro atoms. The zero-order chi connectivity index (χ0) is 18.1. The lowest BCUT2D eigenvalue weighted by Gasteiger charge is -2.09. The molecule has 0 aliphatic heterocycles. The van der Waals surface area contributed by atoms with Crippen LogP contribution in [0.15, 0.2) is 60.8 Å². The first-order chi connectivity index (χ1) is 12.7. The molecule has 0 radical (unpaired) electrons. The molecule has 0 aliphatic carbocycles. The van der Waals surface area contributed by atoms with Crippen molar-refractivity contribution in [2.75, 3.05) is 7.11 Å². The number of ether oxygens (including phenoxy) is 1. The molecule has 26 heavy (non-hydrogen) atoms. The van der Waals surface area contributed by atoms with Crippen molar-refractivity contribution in [3.8, 4) is 22.9 Å². The summed E-state index contributed by atoms with van der Waals surface area (Å²) < 4.78 is 6.93. The second-order valence-electron chi connectivity index (χ2n) is 6.18. The van der Waals surface area contributed by atoms with Gasteiger partial charge in [0.2, 0.25) is 5.88 Å².